The van der Waals surface area contributed by atoms with Gasteiger partial charge in [-0.25, -0.2) is 9.97 Å². The number of fused-ring (bicyclic) bond motifs is 1. The van der Waals surface area contributed by atoms with Crippen LogP contribution in [0.2, 0.25) is 0 Å². The molecule has 0 atom stereocenters. The Labute approximate surface area is 158 Å². The molecule has 0 saturated carbocycles. The third-order valence-electron chi connectivity index (χ3n) is 4.84. The maximum atomic E-state index is 13.0. The van der Waals surface area contributed by atoms with Crippen molar-refractivity contribution in [3.05, 3.63) is 65.9 Å². The number of benzene rings is 2. The average molecular weight is 362 g/mol. The summed E-state index contributed by atoms with van der Waals surface area (Å²) in [4.78, 5) is 26.2. The van der Waals surface area contributed by atoms with Crippen molar-refractivity contribution < 1.29 is 9.53 Å². The summed E-state index contributed by atoms with van der Waals surface area (Å²) in [7, 11) is 1.52. The molecule has 0 aliphatic carbocycles. The van der Waals surface area contributed by atoms with E-state index in [0.29, 0.717) is 18.6 Å². The molecule has 0 N–H and O–H groups in total. The van der Waals surface area contributed by atoms with Gasteiger partial charge in [-0.15, -0.1) is 0 Å². The molecule has 2 heterocycles. The fraction of sp³-hybridized carbons (Fsp3) is 0.286. The van der Waals surface area contributed by atoms with Crippen molar-refractivity contribution in [3.63, 3.8) is 0 Å². The Morgan fingerprint density at radius 3 is 2.22 bits per heavy atom. The molecule has 0 spiro atoms. The van der Waals surface area contributed by atoms with Crippen molar-refractivity contribution >= 4 is 16.9 Å². The molecule has 1 aliphatic heterocycles. The van der Waals surface area contributed by atoms with Crippen molar-refractivity contribution in [3.8, 4) is 5.88 Å². The van der Waals surface area contributed by atoms with E-state index in [0.717, 1.165) is 25.2 Å². The van der Waals surface area contributed by atoms with Crippen molar-refractivity contribution in [2.45, 2.75) is 6.54 Å². The van der Waals surface area contributed by atoms with Gasteiger partial charge in [0.1, 0.15) is 0 Å². The first-order chi connectivity index (χ1) is 13.2. The highest BCUT2D eigenvalue weighted by Gasteiger charge is 2.26. The van der Waals surface area contributed by atoms with Crippen LogP contribution < -0.4 is 4.74 Å². The molecule has 138 valence electrons. The van der Waals surface area contributed by atoms with Crippen LogP contribution >= 0.6 is 0 Å². The molecule has 4 rings (SSSR count). The summed E-state index contributed by atoms with van der Waals surface area (Å²) in [6.07, 6.45) is 0. The number of para-hydroxylation sites is 2. The average Bonchev–Trinajstić information content (AvgIpc) is 2.73. The Morgan fingerprint density at radius 2 is 1.56 bits per heavy atom. The lowest BCUT2D eigenvalue weighted by molar-refractivity contribution is 0.0619. The highest BCUT2D eigenvalue weighted by atomic mass is 16.5. The van der Waals surface area contributed by atoms with E-state index in [9.17, 15) is 4.79 Å². The SMILES string of the molecule is COc1nc2ccccc2nc1C(=O)N1CCN(Cc2ccccc2)CC1. The van der Waals surface area contributed by atoms with E-state index in [2.05, 4.69) is 39.1 Å². The van der Waals surface area contributed by atoms with E-state index in [1.165, 1.54) is 12.7 Å². The molecule has 0 radical (unpaired) electrons. The molecule has 6 heteroatoms. The predicted molar refractivity (Wildman–Crippen MR) is 104 cm³/mol. The van der Waals surface area contributed by atoms with Crippen LogP contribution in [0.25, 0.3) is 11.0 Å². The molecule has 1 aliphatic rings. The number of amides is 1. The first-order valence-corrected chi connectivity index (χ1v) is 9.11. The number of methoxy groups -OCH3 is 1. The number of carbonyl (C=O) groups is 1. The van der Waals surface area contributed by atoms with Gasteiger partial charge >= 0.3 is 0 Å². The van der Waals surface area contributed by atoms with Gasteiger partial charge in [0.25, 0.3) is 5.91 Å². The van der Waals surface area contributed by atoms with Crippen LogP contribution in [0.3, 0.4) is 0 Å². The minimum Gasteiger partial charge on any atom is -0.479 e. The topological polar surface area (TPSA) is 58.6 Å². The van der Waals surface area contributed by atoms with Gasteiger partial charge in [-0.3, -0.25) is 9.69 Å². The van der Waals surface area contributed by atoms with E-state index < -0.39 is 0 Å². The van der Waals surface area contributed by atoms with Crippen molar-refractivity contribution in [2.75, 3.05) is 33.3 Å². The molecule has 1 amide bonds. The van der Waals surface area contributed by atoms with E-state index in [1.54, 1.807) is 0 Å². The zero-order valence-electron chi connectivity index (χ0n) is 15.3. The van der Waals surface area contributed by atoms with Gasteiger partial charge in [-0.1, -0.05) is 42.5 Å². The van der Waals surface area contributed by atoms with E-state index in [-0.39, 0.29) is 17.5 Å². The number of aromatic nitrogens is 2. The maximum Gasteiger partial charge on any atom is 0.278 e. The summed E-state index contributed by atoms with van der Waals surface area (Å²) in [5, 5.41) is 0. The zero-order chi connectivity index (χ0) is 18.6. The van der Waals surface area contributed by atoms with E-state index in [4.69, 9.17) is 4.74 Å². The van der Waals surface area contributed by atoms with E-state index >= 15 is 0 Å². The van der Waals surface area contributed by atoms with Crippen LogP contribution in [0.4, 0.5) is 0 Å². The van der Waals surface area contributed by atoms with Gasteiger partial charge in [0.05, 0.1) is 18.1 Å². The van der Waals surface area contributed by atoms with Gasteiger partial charge in [0.2, 0.25) is 5.88 Å². The molecule has 27 heavy (non-hydrogen) atoms. The lowest BCUT2D eigenvalue weighted by atomic mass is 10.2. The first-order valence-electron chi connectivity index (χ1n) is 9.11. The maximum absolute atomic E-state index is 13.0. The second-order valence-electron chi connectivity index (χ2n) is 6.62. The molecule has 2 aromatic carbocycles. The highest BCUT2D eigenvalue weighted by Crippen LogP contribution is 2.21. The molecule has 0 unspecified atom stereocenters. The van der Waals surface area contributed by atoms with Crippen LogP contribution in [-0.2, 0) is 6.54 Å². The summed E-state index contributed by atoms with van der Waals surface area (Å²) in [5.74, 6) is 0.162. The molecule has 6 nitrogen and oxygen atoms in total. The smallest absolute Gasteiger partial charge is 0.278 e. The van der Waals surface area contributed by atoms with Crippen LogP contribution in [0, 0.1) is 0 Å². The largest absolute Gasteiger partial charge is 0.479 e. The van der Waals surface area contributed by atoms with Gasteiger partial charge in [-0.05, 0) is 17.7 Å². The third-order valence-corrected chi connectivity index (χ3v) is 4.84. The number of nitrogens with zero attached hydrogens (tertiary/aromatic N) is 4. The quantitative estimate of drug-likeness (QED) is 0.714. The monoisotopic (exact) mass is 362 g/mol. The number of piperazine rings is 1. The van der Waals surface area contributed by atoms with Crippen LogP contribution in [0.5, 0.6) is 5.88 Å². The summed E-state index contributed by atoms with van der Waals surface area (Å²) in [5.41, 5.74) is 3.00. The van der Waals surface area contributed by atoms with Crippen molar-refractivity contribution in [1.29, 1.82) is 0 Å². The van der Waals surface area contributed by atoms with Gasteiger partial charge in [-0.2, -0.15) is 0 Å². The standard InChI is InChI=1S/C21H22N4O2/c1-27-20-19(22-17-9-5-6-10-18(17)23-20)21(26)25-13-11-24(12-14-25)15-16-7-3-2-4-8-16/h2-10H,11-15H2,1H3. The second kappa shape index (κ2) is 7.72. The highest BCUT2D eigenvalue weighted by molar-refractivity contribution is 5.96. The summed E-state index contributed by atoms with van der Waals surface area (Å²) in [6.45, 7) is 3.92. The molecule has 3 aromatic rings. The number of hydrogen-bond acceptors (Lipinski definition) is 5. The molecule has 0 bridgehead atoms. The summed E-state index contributed by atoms with van der Waals surface area (Å²) < 4.78 is 5.33. The van der Waals surface area contributed by atoms with Crippen LogP contribution in [-0.4, -0.2) is 59.0 Å². The summed E-state index contributed by atoms with van der Waals surface area (Å²) >= 11 is 0. The molecule has 1 aromatic heterocycles. The van der Waals surface area contributed by atoms with Crippen molar-refractivity contribution in [2.24, 2.45) is 0 Å². The number of ether oxygens (including phenoxy) is 1. The first kappa shape index (κ1) is 17.4. The Bertz CT molecular complexity index is 937. The van der Waals surface area contributed by atoms with Gasteiger partial charge in [0, 0.05) is 32.7 Å². The molecule has 1 saturated heterocycles. The van der Waals surface area contributed by atoms with Crippen molar-refractivity contribution in [1.82, 2.24) is 19.8 Å². The number of hydrogen-bond donors (Lipinski definition) is 0. The molecular weight excluding hydrogens is 340 g/mol. The fourth-order valence-electron chi connectivity index (χ4n) is 3.37. The predicted octanol–water partition coefficient (Wildman–Crippen LogP) is 2.60. The summed E-state index contributed by atoms with van der Waals surface area (Å²) in [6, 6.07) is 17.9. The number of rotatable bonds is 4. The van der Waals surface area contributed by atoms with Gasteiger partial charge in [0.15, 0.2) is 5.69 Å². The minimum absolute atomic E-state index is 0.121. The third kappa shape index (κ3) is 3.75. The van der Waals surface area contributed by atoms with Gasteiger partial charge < -0.3 is 9.64 Å². The zero-order valence-corrected chi connectivity index (χ0v) is 15.3. The lowest BCUT2D eigenvalue weighted by Gasteiger charge is -2.34. The molecule has 1 fully saturated rings. The second-order valence-corrected chi connectivity index (χ2v) is 6.62. The molecular formula is C21H22N4O2. The Balaban J connectivity index is 1.47. The number of carbonyl (C=O) groups excluding carboxylic acids is 1. The normalized spacial score (nSPS) is 15.1. The van der Waals surface area contributed by atoms with Crippen LogP contribution in [0.15, 0.2) is 54.6 Å². The van der Waals surface area contributed by atoms with Crippen LogP contribution in [0.1, 0.15) is 16.1 Å². The Morgan fingerprint density at radius 1 is 0.926 bits per heavy atom. The minimum atomic E-state index is -0.121. The Hall–Kier alpha value is -2.99. The van der Waals surface area contributed by atoms with E-state index in [1.807, 2.05) is 35.2 Å². The Kier molecular flexibility index (Phi) is 4.98. The fourth-order valence-corrected chi connectivity index (χ4v) is 3.37. The lowest BCUT2D eigenvalue weighted by Crippen LogP contribution is -2.48.